The zero-order chi connectivity index (χ0) is 20.4. The van der Waals surface area contributed by atoms with Crippen LogP contribution in [0, 0.1) is 0 Å². The van der Waals surface area contributed by atoms with Crippen LogP contribution in [0.15, 0.2) is 58.1 Å². The van der Waals surface area contributed by atoms with Crippen LogP contribution in [0.5, 0.6) is 11.5 Å². The Morgan fingerprint density at radius 2 is 1.79 bits per heavy atom. The Kier molecular flexibility index (Phi) is 5.07. The Bertz CT molecular complexity index is 1170. The van der Waals surface area contributed by atoms with Gasteiger partial charge in [-0.2, -0.15) is 0 Å². The zero-order valence-electron chi connectivity index (χ0n) is 16.0. The molecule has 0 spiro atoms. The third-order valence-electron chi connectivity index (χ3n) is 4.90. The molecule has 0 radical (unpaired) electrons. The van der Waals surface area contributed by atoms with Crippen molar-refractivity contribution in [1.29, 1.82) is 0 Å². The summed E-state index contributed by atoms with van der Waals surface area (Å²) in [6, 6.07) is 14.0. The molecule has 1 amide bonds. The van der Waals surface area contributed by atoms with Crippen LogP contribution < -0.4 is 20.6 Å². The maximum Gasteiger partial charge on any atom is 0.273 e. The van der Waals surface area contributed by atoms with Crippen LogP contribution in [-0.4, -0.2) is 46.9 Å². The number of carbonyl (C=O) groups excluding carboxylic acids is 1. The van der Waals surface area contributed by atoms with Crippen LogP contribution in [0.25, 0.3) is 10.8 Å². The van der Waals surface area contributed by atoms with Gasteiger partial charge in [-0.25, -0.2) is 4.68 Å². The SMILES string of the molecule is CN(CC1COc2ccccc2O1)C(=O)CCn1[nH]c(=O)c2ccccc2c1=O. The van der Waals surface area contributed by atoms with Crippen molar-refractivity contribution >= 4 is 16.7 Å². The molecule has 4 rings (SSSR count). The van der Waals surface area contributed by atoms with Gasteiger partial charge in [0.25, 0.3) is 11.1 Å². The minimum Gasteiger partial charge on any atom is -0.486 e. The number of hydrogen-bond acceptors (Lipinski definition) is 5. The smallest absolute Gasteiger partial charge is 0.273 e. The molecule has 0 saturated heterocycles. The number of ether oxygens (including phenoxy) is 2. The molecule has 1 aliphatic rings. The molecular weight excluding hydrogens is 374 g/mol. The minimum absolute atomic E-state index is 0.0782. The van der Waals surface area contributed by atoms with Crippen molar-refractivity contribution in [2.24, 2.45) is 0 Å². The number of carbonyl (C=O) groups is 1. The van der Waals surface area contributed by atoms with Gasteiger partial charge < -0.3 is 14.4 Å². The van der Waals surface area contributed by atoms with E-state index in [1.807, 2.05) is 24.3 Å². The van der Waals surface area contributed by atoms with Crippen molar-refractivity contribution in [2.45, 2.75) is 19.1 Å². The largest absolute Gasteiger partial charge is 0.486 e. The van der Waals surface area contributed by atoms with Crippen LogP contribution in [-0.2, 0) is 11.3 Å². The van der Waals surface area contributed by atoms with Gasteiger partial charge >= 0.3 is 0 Å². The fraction of sp³-hybridized carbons (Fsp3) is 0.286. The van der Waals surface area contributed by atoms with Gasteiger partial charge in [0.15, 0.2) is 17.6 Å². The van der Waals surface area contributed by atoms with Crippen molar-refractivity contribution in [3.8, 4) is 11.5 Å². The molecule has 0 bridgehead atoms. The second kappa shape index (κ2) is 7.83. The van der Waals surface area contributed by atoms with Gasteiger partial charge in [-0.15, -0.1) is 0 Å². The molecule has 29 heavy (non-hydrogen) atoms. The number of nitrogens with one attached hydrogen (secondary N) is 1. The first-order chi connectivity index (χ1) is 14.0. The quantitative estimate of drug-likeness (QED) is 0.704. The number of aryl methyl sites for hydroxylation is 1. The molecule has 0 fully saturated rings. The molecule has 8 nitrogen and oxygen atoms in total. The molecule has 1 atom stereocenters. The van der Waals surface area contributed by atoms with Crippen molar-refractivity contribution < 1.29 is 14.3 Å². The molecule has 0 aliphatic carbocycles. The van der Waals surface area contributed by atoms with Gasteiger partial charge in [-0.05, 0) is 24.3 Å². The summed E-state index contributed by atoms with van der Waals surface area (Å²) >= 11 is 0. The first-order valence-corrected chi connectivity index (χ1v) is 9.37. The molecule has 1 unspecified atom stereocenters. The number of fused-ring (bicyclic) bond motifs is 2. The predicted octanol–water partition coefficient (Wildman–Crippen LogP) is 1.38. The Labute approximate surface area is 166 Å². The topological polar surface area (TPSA) is 93.6 Å². The van der Waals surface area contributed by atoms with E-state index in [-0.39, 0.29) is 36.1 Å². The van der Waals surface area contributed by atoms with Crippen LogP contribution in [0.4, 0.5) is 0 Å². The highest BCUT2D eigenvalue weighted by Gasteiger charge is 2.23. The number of likely N-dealkylation sites (N-methyl/N-ethyl adjacent to an activating group) is 1. The molecular formula is C21H21N3O5. The lowest BCUT2D eigenvalue weighted by Gasteiger charge is -2.29. The maximum absolute atomic E-state index is 12.5. The van der Waals surface area contributed by atoms with Crippen LogP contribution in [0.3, 0.4) is 0 Å². The summed E-state index contributed by atoms with van der Waals surface area (Å²) in [7, 11) is 1.68. The fourth-order valence-electron chi connectivity index (χ4n) is 3.36. The van der Waals surface area contributed by atoms with Gasteiger partial charge in [0.05, 0.1) is 23.9 Å². The summed E-state index contributed by atoms with van der Waals surface area (Å²) in [5.74, 6) is 1.19. The van der Waals surface area contributed by atoms with Crippen molar-refractivity contribution in [1.82, 2.24) is 14.7 Å². The van der Waals surface area contributed by atoms with Crippen LogP contribution in [0.1, 0.15) is 6.42 Å². The Balaban J connectivity index is 1.39. The van der Waals surface area contributed by atoms with E-state index in [0.717, 1.165) is 0 Å². The Morgan fingerprint density at radius 3 is 2.59 bits per heavy atom. The first-order valence-electron chi connectivity index (χ1n) is 9.37. The predicted molar refractivity (Wildman–Crippen MR) is 107 cm³/mol. The monoisotopic (exact) mass is 395 g/mol. The molecule has 1 aromatic heterocycles. The number of amides is 1. The van der Waals surface area contributed by atoms with Crippen LogP contribution >= 0.6 is 0 Å². The van der Waals surface area contributed by atoms with Gasteiger partial charge in [-0.1, -0.05) is 24.3 Å². The average molecular weight is 395 g/mol. The summed E-state index contributed by atoms with van der Waals surface area (Å²) < 4.78 is 12.7. The zero-order valence-corrected chi connectivity index (χ0v) is 16.0. The lowest BCUT2D eigenvalue weighted by molar-refractivity contribution is -0.131. The summed E-state index contributed by atoms with van der Waals surface area (Å²) in [6.07, 6.45) is -0.198. The molecule has 1 aliphatic heterocycles. The third-order valence-corrected chi connectivity index (χ3v) is 4.90. The molecule has 1 N–H and O–H groups in total. The average Bonchev–Trinajstić information content (AvgIpc) is 2.75. The van der Waals surface area contributed by atoms with E-state index in [1.54, 1.807) is 36.2 Å². The molecule has 2 aromatic carbocycles. The standard InChI is InChI=1S/C21H21N3O5/c1-23(12-14-13-28-17-8-4-5-9-18(17)29-14)19(25)10-11-24-21(27)16-7-3-2-6-15(16)20(26)22-24/h2-9,14H,10-13H2,1H3,(H,22,26). The summed E-state index contributed by atoms with van der Waals surface area (Å²) in [5, 5.41) is 3.21. The maximum atomic E-state index is 12.5. The number of nitrogens with zero attached hydrogens (tertiary/aromatic N) is 2. The van der Waals surface area contributed by atoms with E-state index in [4.69, 9.17) is 9.47 Å². The minimum atomic E-state index is -0.354. The van der Waals surface area contributed by atoms with Gasteiger partial charge in [0, 0.05) is 13.5 Å². The summed E-state index contributed by atoms with van der Waals surface area (Å²) in [5.41, 5.74) is -0.677. The highest BCUT2D eigenvalue weighted by molar-refractivity contribution is 5.80. The van der Waals surface area contributed by atoms with Gasteiger partial charge in [0.1, 0.15) is 6.61 Å². The van der Waals surface area contributed by atoms with Gasteiger partial charge in [-0.3, -0.25) is 19.5 Å². The Hall–Kier alpha value is -3.55. The number of hydrogen-bond donors (Lipinski definition) is 1. The van der Waals surface area contributed by atoms with Crippen molar-refractivity contribution in [3.63, 3.8) is 0 Å². The van der Waals surface area contributed by atoms with E-state index in [0.29, 0.717) is 35.4 Å². The van der Waals surface area contributed by atoms with E-state index in [9.17, 15) is 14.4 Å². The number of aromatic nitrogens is 2. The number of rotatable bonds is 5. The molecule has 8 heteroatoms. The molecule has 3 aromatic rings. The lowest BCUT2D eigenvalue weighted by Crippen LogP contribution is -2.42. The van der Waals surface area contributed by atoms with Gasteiger partial charge in [0.2, 0.25) is 5.91 Å². The van der Waals surface area contributed by atoms with E-state index in [1.165, 1.54) is 4.68 Å². The van der Waals surface area contributed by atoms with E-state index < -0.39 is 0 Å². The van der Waals surface area contributed by atoms with Crippen molar-refractivity contribution in [3.05, 3.63) is 69.2 Å². The number of aromatic amines is 1. The lowest BCUT2D eigenvalue weighted by atomic mass is 10.2. The van der Waals surface area contributed by atoms with Crippen LogP contribution in [0.2, 0.25) is 0 Å². The normalized spacial score (nSPS) is 15.3. The summed E-state index contributed by atoms with van der Waals surface area (Å²) in [4.78, 5) is 38.7. The molecule has 2 heterocycles. The highest BCUT2D eigenvalue weighted by Crippen LogP contribution is 2.30. The summed E-state index contributed by atoms with van der Waals surface area (Å²) in [6.45, 7) is 0.801. The Morgan fingerprint density at radius 1 is 1.10 bits per heavy atom. The third kappa shape index (κ3) is 3.87. The fourth-order valence-corrected chi connectivity index (χ4v) is 3.36. The van der Waals surface area contributed by atoms with E-state index in [2.05, 4.69) is 5.10 Å². The number of para-hydroxylation sites is 2. The van der Waals surface area contributed by atoms with Crippen molar-refractivity contribution in [2.75, 3.05) is 20.2 Å². The van der Waals surface area contributed by atoms with E-state index >= 15 is 0 Å². The first kappa shape index (κ1) is 18.8. The number of H-pyrrole nitrogens is 1. The molecule has 150 valence electrons. The number of benzene rings is 2. The highest BCUT2D eigenvalue weighted by atomic mass is 16.6. The second-order valence-electron chi connectivity index (χ2n) is 6.97. The molecule has 0 saturated carbocycles. The second-order valence-corrected chi connectivity index (χ2v) is 6.97.